The number of aliphatic hydroxyl groups excluding tert-OH is 1. The molecule has 6 heteroatoms. The summed E-state index contributed by atoms with van der Waals surface area (Å²) in [6.07, 6.45) is 0. The van der Waals surface area contributed by atoms with Gasteiger partial charge < -0.3 is 19.3 Å². The summed E-state index contributed by atoms with van der Waals surface area (Å²) >= 11 is 3.45. The van der Waals surface area contributed by atoms with E-state index in [1.807, 2.05) is 13.0 Å². The Balaban J connectivity index is 2.79. The summed E-state index contributed by atoms with van der Waals surface area (Å²) in [7, 11) is 4.51. The number of benzene rings is 2. The Hall–Kier alpha value is -2.05. The molecular formula is C19H21BrO5. The van der Waals surface area contributed by atoms with E-state index in [2.05, 4.69) is 15.9 Å². The second kappa shape index (κ2) is 7.89. The summed E-state index contributed by atoms with van der Waals surface area (Å²) in [4.78, 5) is 13.4. The van der Waals surface area contributed by atoms with Gasteiger partial charge in [0.2, 0.25) is 0 Å². The first-order chi connectivity index (χ1) is 11.9. The van der Waals surface area contributed by atoms with E-state index in [1.54, 1.807) is 19.1 Å². The molecule has 0 unspecified atom stereocenters. The van der Waals surface area contributed by atoms with Crippen LogP contribution < -0.4 is 14.2 Å². The van der Waals surface area contributed by atoms with Crippen LogP contribution in [0.2, 0.25) is 0 Å². The quantitative estimate of drug-likeness (QED) is 0.735. The highest BCUT2D eigenvalue weighted by molar-refractivity contribution is 9.10. The maximum absolute atomic E-state index is 13.4. The molecule has 0 aromatic heterocycles. The number of hydrogen-bond acceptors (Lipinski definition) is 5. The van der Waals surface area contributed by atoms with Crippen molar-refractivity contribution >= 4 is 21.7 Å². The molecule has 0 radical (unpaired) electrons. The Labute approximate surface area is 155 Å². The predicted octanol–water partition coefficient (Wildman–Crippen LogP) is 3.82. The zero-order valence-electron chi connectivity index (χ0n) is 14.9. The zero-order valence-corrected chi connectivity index (χ0v) is 16.5. The monoisotopic (exact) mass is 408 g/mol. The van der Waals surface area contributed by atoms with E-state index in [0.29, 0.717) is 39.5 Å². The van der Waals surface area contributed by atoms with Crippen LogP contribution in [-0.2, 0) is 6.61 Å². The van der Waals surface area contributed by atoms with Gasteiger partial charge in [-0.2, -0.15) is 0 Å². The van der Waals surface area contributed by atoms with Gasteiger partial charge >= 0.3 is 0 Å². The molecule has 0 bridgehead atoms. The highest BCUT2D eigenvalue weighted by Gasteiger charge is 2.26. The number of carbonyl (C=O) groups excluding carboxylic acids is 1. The number of hydrogen-bond donors (Lipinski definition) is 1. The lowest BCUT2D eigenvalue weighted by atomic mass is 9.91. The van der Waals surface area contributed by atoms with E-state index >= 15 is 0 Å². The molecule has 2 rings (SSSR count). The first-order valence-electron chi connectivity index (χ1n) is 7.64. The lowest BCUT2D eigenvalue weighted by molar-refractivity contribution is 0.103. The van der Waals surface area contributed by atoms with Gasteiger partial charge in [-0.25, -0.2) is 0 Å². The van der Waals surface area contributed by atoms with Crippen LogP contribution in [-0.4, -0.2) is 32.2 Å². The van der Waals surface area contributed by atoms with Gasteiger partial charge in [-0.05, 0) is 43.2 Å². The van der Waals surface area contributed by atoms with Crippen LogP contribution in [0.4, 0.5) is 0 Å². The van der Waals surface area contributed by atoms with Gasteiger partial charge in [-0.1, -0.05) is 15.9 Å². The number of aryl methyl sites for hydroxylation is 1. The minimum absolute atomic E-state index is 0.238. The number of methoxy groups -OCH3 is 3. The average molecular weight is 409 g/mol. The molecule has 0 atom stereocenters. The van der Waals surface area contributed by atoms with E-state index < -0.39 is 0 Å². The second-order valence-electron chi connectivity index (χ2n) is 5.52. The lowest BCUT2D eigenvalue weighted by Gasteiger charge is -2.19. The molecule has 1 N–H and O–H groups in total. The van der Waals surface area contributed by atoms with Crippen molar-refractivity contribution in [2.24, 2.45) is 0 Å². The zero-order chi connectivity index (χ0) is 18.7. The largest absolute Gasteiger partial charge is 0.496 e. The molecule has 0 aliphatic heterocycles. The Morgan fingerprint density at radius 1 is 1.04 bits per heavy atom. The van der Waals surface area contributed by atoms with Crippen LogP contribution in [0.25, 0.3) is 0 Å². The molecule has 5 nitrogen and oxygen atoms in total. The highest BCUT2D eigenvalue weighted by Crippen LogP contribution is 2.39. The van der Waals surface area contributed by atoms with Gasteiger partial charge in [-0.15, -0.1) is 0 Å². The van der Waals surface area contributed by atoms with Gasteiger partial charge in [0.1, 0.15) is 5.75 Å². The van der Waals surface area contributed by atoms with Gasteiger partial charge in [0.15, 0.2) is 17.3 Å². The van der Waals surface area contributed by atoms with Gasteiger partial charge in [-0.3, -0.25) is 4.79 Å². The summed E-state index contributed by atoms with van der Waals surface area (Å²) in [6, 6.07) is 5.30. The molecule has 25 heavy (non-hydrogen) atoms. The normalized spacial score (nSPS) is 10.5. The third-order valence-electron chi connectivity index (χ3n) is 4.16. The van der Waals surface area contributed by atoms with Crippen molar-refractivity contribution in [2.45, 2.75) is 20.5 Å². The van der Waals surface area contributed by atoms with Crippen LogP contribution in [0.5, 0.6) is 17.2 Å². The van der Waals surface area contributed by atoms with E-state index in [4.69, 9.17) is 14.2 Å². The van der Waals surface area contributed by atoms with Gasteiger partial charge in [0.05, 0.1) is 33.5 Å². The van der Waals surface area contributed by atoms with Crippen LogP contribution in [0.15, 0.2) is 22.7 Å². The maximum atomic E-state index is 13.4. The smallest absolute Gasteiger partial charge is 0.197 e. The number of ketones is 1. The number of ether oxygens (including phenoxy) is 3. The lowest BCUT2D eigenvalue weighted by Crippen LogP contribution is -2.13. The average Bonchev–Trinajstić information content (AvgIpc) is 2.61. The molecule has 134 valence electrons. The van der Waals surface area contributed by atoms with Crippen LogP contribution in [0.1, 0.15) is 32.6 Å². The third kappa shape index (κ3) is 3.37. The van der Waals surface area contributed by atoms with Gasteiger partial charge in [0, 0.05) is 15.6 Å². The van der Waals surface area contributed by atoms with Crippen molar-refractivity contribution < 1.29 is 24.1 Å². The van der Waals surface area contributed by atoms with Crippen molar-refractivity contribution in [2.75, 3.05) is 21.3 Å². The first-order valence-corrected chi connectivity index (χ1v) is 8.43. The second-order valence-corrected chi connectivity index (χ2v) is 6.37. The fourth-order valence-electron chi connectivity index (χ4n) is 2.92. The molecule has 2 aromatic carbocycles. The minimum atomic E-state index is -0.350. The highest BCUT2D eigenvalue weighted by atomic mass is 79.9. The van der Waals surface area contributed by atoms with Crippen molar-refractivity contribution in [3.63, 3.8) is 0 Å². The number of aliphatic hydroxyl groups is 1. The molecule has 0 aliphatic rings. The molecule has 0 spiro atoms. The molecular weight excluding hydrogens is 388 g/mol. The van der Waals surface area contributed by atoms with E-state index in [1.165, 1.54) is 21.3 Å². The summed E-state index contributed by atoms with van der Waals surface area (Å²) in [5, 5.41) is 9.89. The van der Waals surface area contributed by atoms with Crippen molar-refractivity contribution in [1.82, 2.24) is 0 Å². The first kappa shape index (κ1) is 19.3. The SMILES string of the molecule is COc1cc(C)c(C(=O)c2c(OC)ccc(Br)c2C)c(CO)c1OC. The fraction of sp³-hybridized carbons (Fsp3) is 0.316. The molecule has 2 aromatic rings. The molecule has 0 amide bonds. The van der Waals surface area contributed by atoms with Crippen molar-refractivity contribution in [1.29, 1.82) is 0 Å². The molecule has 0 aliphatic carbocycles. The molecule has 0 heterocycles. The number of rotatable bonds is 6. The van der Waals surface area contributed by atoms with Crippen LogP contribution in [0.3, 0.4) is 0 Å². The van der Waals surface area contributed by atoms with E-state index in [0.717, 1.165) is 10.0 Å². The van der Waals surface area contributed by atoms with Crippen LogP contribution in [0, 0.1) is 13.8 Å². The van der Waals surface area contributed by atoms with Gasteiger partial charge in [0.25, 0.3) is 0 Å². The molecule has 0 saturated carbocycles. The van der Waals surface area contributed by atoms with Crippen molar-refractivity contribution in [3.05, 3.63) is 50.5 Å². The van der Waals surface area contributed by atoms with Crippen LogP contribution >= 0.6 is 15.9 Å². The summed E-state index contributed by atoms with van der Waals surface area (Å²) in [5.74, 6) is 1.06. The summed E-state index contributed by atoms with van der Waals surface area (Å²) < 4.78 is 16.9. The Morgan fingerprint density at radius 3 is 2.20 bits per heavy atom. The van der Waals surface area contributed by atoms with E-state index in [9.17, 15) is 9.90 Å². The van der Waals surface area contributed by atoms with E-state index in [-0.39, 0.29) is 12.4 Å². The maximum Gasteiger partial charge on any atom is 0.197 e. The van der Waals surface area contributed by atoms with Crippen molar-refractivity contribution in [3.8, 4) is 17.2 Å². The Bertz CT molecular complexity index is 814. The fourth-order valence-corrected chi connectivity index (χ4v) is 3.25. The third-order valence-corrected chi connectivity index (χ3v) is 5.02. The number of carbonyl (C=O) groups is 1. The molecule has 0 fully saturated rings. The predicted molar refractivity (Wildman–Crippen MR) is 99.1 cm³/mol. The summed E-state index contributed by atoms with van der Waals surface area (Å²) in [5.41, 5.74) is 2.68. The standard InChI is InChI=1S/C19H21BrO5/c1-10-8-15(24-4)19(25-5)12(9-21)16(10)18(22)17-11(2)13(20)6-7-14(17)23-3/h6-8,21H,9H2,1-5H3. The molecule has 0 saturated heterocycles. The minimum Gasteiger partial charge on any atom is -0.496 e. The number of halogens is 1. The topological polar surface area (TPSA) is 65.0 Å². The Morgan fingerprint density at radius 2 is 1.68 bits per heavy atom. The summed E-state index contributed by atoms with van der Waals surface area (Å²) in [6.45, 7) is 3.29. The Kier molecular flexibility index (Phi) is 6.08.